The third-order valence-electron chi connectivity index (χ3n) is 3.20. The Morgan fingerprint density at radius 1 is 1.14 bits per heavy atom. The van der Waals surface area contributed by atoms with Crippen molar-refractivity contribution < 1.29 is 36.9 Å². The van der Waals surface area contributed by atoms with Crippen LogP contribution in [0.3, 0.4) is 0 Å². The lowest BCUT2D eigenvalue weighted by Gasteiger charge is -2.13. The lowest BCUT2D eigenvalue weighted by atomic mass is 10.1. The quantitative estimate of drug-likeness (QED) is 0.262. The van der Waals surface area contributed by atoms with E-state index >= 15 is 0 Å². The fourth-order valence-electron chi connectivity index (χ4n) is 2.02. The minimum absolute atomic E-state index is 0.130. The van der Waals surface area contributed by atoms with Crippen LogP contribution in [-0.2, 0) is 29.3 Å². The van der Waals surface area contributed by atoms with Crippen LogP contribution in [0.2, 0.25) is 0 Å². The van der Waals surface area contributed by atoms with E-state index < -0.39 is 38.3 Å². The maximum absolute atomic E-state index is 12.5. The Morgan fingerprint density at radius 2 is 1.82 bits per heavy atom. The summed E-state index contributed by atoms with van der Waals surface area (Å²) in [7, 11) is -4.91. The molecule has 28 heavy (non-hydrogen) atoms. The first-order valence-corrected chi connectivity index (χ1v) is 10.3. The van der Waals surface area contributed by atoms with Gasteiger partial charge >= 0.3 is 0 Å². The van der Waals surface area contributed by atoms with Gasteiger partial charge in [0.15, 0.2) is 17.2 Å². The average molecular weight is 430 g/mol. The summed E-state index contributed by atoms with van der Waals surface area (Å²) >= 11 is 0. The van der Waals surface area contributed by atoms with Crippen molar-refractivity contribution >= 4 is 43.9 Å². The highest BCUT2D eigenvalue weighted by Crippen LogP contribution is 2.37. The zero-order valence-corrected chi connectivity index (χ0v) is 16.2. The first kappa shape index (κ1) is 21.3. The van der Waals surface area contributed by atoms with Crippen molar-refractivity contribution in [1.82, 2.24) is 0 Å². The number of carbonyl (C=O) groups is 1. The number of rotatable bonds is 6. The van der Waals surface area contributed by atoms with Gasteiger partial charge in [0.1, 0.15) is 0 Å². The van der Waals surface area contributed by atoms with Gasteiger partial charge in [-0.2, -0.15) is 0 Å². The molecular weight excluding hydrogens is 414 g/mol. The fourth-order valence-corrected chi connectivity index (χ4v) is 2.95. The van der Waals surface area contributed by atoms with Gasteiger partial charge in [-0.1, -0.05) is 10.9 Å². The second kappa shape index (κ2) is 8.33. The molecular formula is C15H16N3O8S2-. The summed E-state index contributed by atoms with van der Waals surface area (Å²) in [6.45, 7) is 0. The minimum Gasteiger partial charge on any atom is -0.504 e. The Kier molecular flexibility index (Phi) is 6.33. The number of hydrogen-bond acceptors (Lipinski definition) is 10. The van der Waals surface area contributed by atoms with E-state index in [0.717, 1.165) is 37.6 Å². The van der Waals surface area contributed by atoms with Crippen LogP contribution in [0.4, 0.5) is 17.1 Å². The van der Waals surface area contributed by atoms with Crippen LogP contribution in [0.1, 0.15) is 10.4 Å². The number of carbonyl (C=O) groups excluding carboxylic acids is 1. The maximum Gasteiger partial charge on any atom is 0.255 e. The highest BCUT2D eigenvalue weighted by atomic mass is 32.2. The Hall–Kier alpha value is -3.03. The molecule has 11 nitrogen and oxygen atoms in total. The topological polar surface area (TPSA) is 175 Å². The molecule has 13 heteroatoms. The molecule has 2 aromatic rings. The highest BCUT2D eigenvalue weighted by molar-refractivity contribution is 7.92. The van der Waals surface area contributed by atoms with Gasteiger partial charge in [-0.25, -0.2) is 8.42 Å². The summed E-state index contributed by atoms with van der Waals surface area (Å²) < 4.78 is 44.5. The van der Waals surface area contributed by atoms with Crippen LogP contribution in [0.5, 0.6) is 17.2 Å². The standard InChI is InChI=1S/C15H16N3O8S2/c1-26-27(23)17-10-5-8(6-11(14(10)21)18-28(2,24)25)15(22)16-9-3-4-12(19)13(20)7-9/h3-7,18-21H,1-2H3,(H,16,22)/q-1. The van der Waals surface area contributed by atoms with E-state index in [0.29, 0.717) is 0 Å². The molecule has 0 aliphatic carbocycles. The van der Waals surface area contributed by atoms with Gasteiger partial charge in [-0.05, 0) is 24.3 Å². The molecule has 0 aromatic heterocycles. The third-order valence-corrected chi connectivity index (χ3v) is 4.42. The van der Waals surface area contributed by atoms with Crippen LogP contribution in [0.15, 0.2) is 34.7 Å². The van der Waals surface area contributed by atoms with E-state index in [1.54, 1.807) is 0 Å². The first-order valence-electron chi connectivity index (χ1n) is 7.36. The van der Waals surface area contributed by atoms with Crippen LogP contribution in [0.25, 0.3) is 0 Å². The van der Waals surface area contributed by atoms with Gasteiger partial charge in [0.05, 0.1) is 17.6 Å². The monoisotopic (exact) mass is 430 g/mol. The van der Waals surface area contributed by atoms with Crippen LogP contribution >= 0.6 is 0 Å². The average Bonchev–Trinajstić information content (AvgIpc) is 2.60. The summed E-state index contributed by atoms with van der Waals surface area (Å²) in [5.41, 5.74) is -0.739. The number of nitrogens with one attached hydrogen (secondary N) is 2. The van der Waals surface area contributed by atoms with E-state index in [4.69, 9.17) is 0 Å². The second-order valence-corrected chi connectivity index (χ2v) is 8.10. The van der Waals surface area contributed by atoms with Crippen molar-refractivity contribution in [3.05, 3.63) is 35.9 Å². The van der Waals surface area contributed by atoms with Gasteiger partial charge < -0.3 is 33.4 Å². The number of phenolic OH excluding ortho intramolecular Hbond substituents is 3. The van der Waals surface area contributed by atoms with E-state index in [-0.39, 0.29) is 28.4 Å². The summed E-state index contributed by atoms with van der Waals surface area (Å²) in [5, 5.41) is 31.4. The minimum atomic E-state index is -3.81. The highest BCUT2D eigenvalue weighted by Gasteiger charge is 2.16. The molecule has 0 unspecified atom stereocenters. The molecule has 0 spiro atoms. The van der Waals surface area contributed by atoms with E-state index in [2.05, 4.69) is 13.9 Å². The Morgan fingerprint density at radius 3 is 2.39 bits per heavy atom. The molecule has 0 radical (unpaired) electrons. The lowest BCUT2D eigenvalue weighted by molar-refractivity contribution is 0.102. The largest absolute Gasteiger partial charge is 0.504 e. The molecule has 0 bridgehead atoms. The lowest BCUT2D eigenvalue weighted by Crippen LogP contribution is -2.14. The van der Waals surface area contributed by atoms with Gasteiger partial charge in [-0.3, -0.25) is 9.52 Å². The fraction of sp³-hybridized carbons (Fsp3) is 0.133. The van der Waals surface area contributed by atoms with Crippen LogP contribution in [0, 0.1) is 0 Å². The number of anilines is 2. The van der Waals surface area contributed by atoms with E-state index in [1.165, 1.54) is 6.07 Å². The van der Waals surface area contributed by atoms with Crippen LogP contribution in [-0.4, -0.2) is 43.0 Å². The van der Waals surface area contributed by atoms with Crippen molar-refractivity contribution in [2.45, 2.75) is 0 Å². The van der Waals surface area contributed by atoms with E-state index in [1.807, 2.05) is 4.72 Å². The number of aromatic hydroxyl groups is 3. The molecule has 0 atom stereocenters. The second-order valence-electron chi connectivity index (χ2n) is 5.40. The van der Waals surface area contributed by atoms with Gasteiger partial charge in [0, 0.05) is 24.4 Å². The molecule has 0 heterocycles. The Bertz CT molecular complexity index is 1110. The summed E-state index contributed by atoms with van der Waals surface area (Å²) in [4.78, 5) is 12.5. The SMILES string of the molecule is CO[S-](=O)=Nc1cc(C(=O)Nc2ccc(O)c(O)c2)cc(NS(C)(=O)=O)c1O. The number of amides is 1. The van der Waals surface area contributed by atoms with Gasteiger partial charge in [0.2, 0.25) is 10.0 Å². The van der Waals surface area contributed by atoms with Crippen molar-refractivity contribution in [3.8, 4) is 17.2 Å². The number of sulfonamides is 1. The third kappa shape index (κ3) is 5.48. The molecule has 0 aliphatic heterocycles. The molecule has 2 aromatic carbocycles. The predicted molar refractivity (Wildman–Crippen MR) is 101 cm³/mol. The number of nitrogens with zero attached hydrogens (tertiary/aromatic N) is 1. The number of hydrogen-bond donors (Lipinski definition) is 5. The summed E-state index contributed by atoms with van der Waals surface area (Å²) in [6.07, 6.45) is 0.836. The zero-order chi connectivity index (χ0) is 21.1. The Labute approximate surface area is 162 Å². The molecule has 152 valence electrons. The van der Waals surface area contributed by atoms with Crippen molar-refractivity contribution in [3.63, 3.8) is 0 Å². The zero-order valence-electron chi connectivity index (χ0n) is 14.5. The molecule has 5 N–H and O–H groups in total. The Balaban J connectivity index is 2.50. The van der Waals surface area contributed by atoms with E-state index in [9.17, 15) is 32.7 Å². The van der Waals surface area contributed by atoms with Crippen molar-refractivity contribution in [1.29, 1.82) is 0 Å². The molecule has 1 amide bonds. The van der Waals surface area contributed by atoms with Gasteiger partial charge in [-0.15, -0.1) is 0 Å². The van der Waals surface area contributed by atoms with Crippen LogP contribution < -0.4 is 10.0 Å². The maximum atomic E-state index is 12.5. The summed E-state index contributed by atoms with van der Waals surface area (Å²) in [6, 6.07) is 5.67. The molecule has 0 saturated heterocycles. The van der Waals surface area contributed by atoms with Gasteiger partial charge in [0.25, 0.3) is 5.91 Å². The normalized spacial score (nSPS) is 12.5. The predicted octanol–water partition coefficient (Wildman–Crippen LogP) is 1.77. The molecule has 0 aliphatic rings. The number of benzene rings is 2. The summed E-state index contributed by atoms with van der Waals surface area (Å²) in [5.74, 6) is -2.27. The van der Waals surface area contributed by atoms with Crippen molar-refractivity contribution in [2.75, 3.05) is 23.4 Å². The first-order chi connectivity index (χ1) is 13.0. The van der Waals surface area contributed by atoms with Crippen molar-refractivity contribution in [2.24, 2.45) is 4.36 Å². The molecule has 2 rings (SSSR count). The number of phenols is 3. The molecule has 0 fully saturated rings. The smallest absolute Gasteiger partial charge is 0.255 e. The molecule has 0 saturated carbocycles.